The summed E-state index contributed by atoms with van der Waals surface area (Å²) in [5, 5.41) is 4.31. The van der Waals surface area contributed by atoms with E-state index in [-0.39, 0.29) is 5.82 Å². The maximum absolute atomic E-state index is 13.1. The molecule has 1 N–H and O–H groups in total. The molecule has 0 aliphatic carbocycles. The van der Waals surface area contributed by atoms with Gasteiger partial charge in [0.1, 0.15) is 10.8 Å². The molecule has 17 heavy (non-hydrogen) atoms. The fraction of sp³-hybridized carbons (Fsp3) is 0.308. The average Bonchev–Trinajstić information content (AvgIpc) is 2.60. The first-order chi connectivity index (χ1) is 8.06. The molecule has 0 atom stereocenters. The smallest absolute Gasteiger partial charge is 0.126 e. The van der Waals surface area contributed by atoms with Crippen LogP contribution >= 0.6 is 11.3 Å². The maximum Gasteiger partial charge on any atom is 0.126 e. The van der Waals surface area contributed by atoms with Crippen molar-refractivity contribution in [1.29, 1.82) is 0 Å². The van der Waals surface area contributed by atoms with Gasteiger partial charge in [-0.15, -0.1) is 11.3 Å². The van der Waals surface area contributed by atoms with E-state index < -0.39 is 0 Å². The fourth-order valence-electron chi connectivity index (χ4n) is 1.55. The predicted octanol–water partition coefficient (Wildman–Crippen LogP) is 3.82. The quantitative estimate of drug-likeness (QED) is 0.895. The van der Waals surface area contributed by atoms with Gasteiger partial charge < -0.3 is 5.32 Å². The van der Waals surface area contributed by atoms with Crippen LogP contribution < -0.4 is 5.32 Å². The maximum atomic E-state index is 13.1. The Hall–Kier alpha value is -1.42. The zero-order chi connectivity index (χ0) is 12.4. The molecular weight excluding hydrogens is 235 g/mol. The van der Waals surface area contributed by atoms with Crippen molar-refractivity contribution in [3.05, 3.63) is 45.2 Å². The lowest BCUT2D eigenvalue weighted by Crippen LogP contribution is -1.99. The third-order valence-electron chi connectivity index (χ3n) is 2.67. The largest absolute Gasteiger partial charge is 0.379 e. The van der Waals surface area contributed by atoms with E-state index in [9.17, 15) is 4.39 Å². The molecular formula is C13H15FN2S. The van der Waals surface area contributed by atoms with Crippen molar-refractivity contribution >= 4 is 17.0 Å². The van der Waals surface area contributed by atoms with Crippen LogP contribution in [0.2, 0.25) is 0 Å². The zero-order valence-electron chi connectivity index (χ0n) is 10.2. The molecule has 1 aromatic heterocycles. The number of benzene rings is 1. The molecule has 2 rings (SSSR count). The van der Waals surface area contributed by atoms with E-state index in [1.807, 2.05) is 13.0 Å². The van der Waals surface area contributed by atoms with Gasteiger partial charge >= 0.3 is 0 Å². The van der Waals surface area contributed by atoms with Crippen molar-refractivity contribution in [1.82, 2.24) is 4.98 Å². The molecule has 1 aromatic carbocycles. The van der Waals surface area contributed by atoms with Crippen molar-refractivity contribution < 1.29 is 4.39 Å². The van der Waals surface area contributed by atoms with Gasteiger partial charge in [-0.05, 0) is 44.5 Å². The Balaban J connectivity index is 2.04. The summed E-state index contributed by atoms with van der Waals surface area (Å²) >= 11 is 1.69. The van der Waals surface area contributed by atoms with Crippen LogP contribution in [0.3, 0.4) is 0 Å². The molecule has 4 heteroatoms. The molecule has 2 aromatic rings. The molecule has 0 aliphatic rings. The summed E-state index contributed by atoms with van der Waals surface area (Å²) in [5.74, 6) is -0.170. The number of aromatic nitrogens is 1. The molecule has 0 aliphatic heterocycles. The van der Waals surface area contributed by atoms with Crippen molar-refractivity contribution in [3.63, 3.8) is 0 Å². The number of hydrogen-bond donors (Lipinski definition) is 1. The number of aryl methyl sites for hydroxylation is 3. The minimum Gasteiger partial charge on any atom is -0.379 e. The lowest BCUT2D eigenvalue weighted by atomic mass is 10.2. The van der Waals surface area contributed by atoms with E-state index in [1.54, 1.807) is 24.3 Å². The molecule has 2 nitrogen and oxygen atoms in total. The SMILES string of the molecule is Cc1cc(NCc2nc(C)c(C)s2)ccc1F. The third kappa shape index (κ3) is 2.82. The van der Waals surface area contributed by atoms with Gasteiger partial charge in [0, 0.05) is 10.6 Å². The lowest BCUT2D eigenvalue weighted by Gasteiger charge is -2.05. The van der Waals surface area contributed by atoms with Crippen LogP contribution in [-0.4, -0.2) is 4.98 Å². The first-order valence-corrected chi connectivity index (χ1v) is 6.31. The molecule has 0 saturated carbocycles. The average molecular weight is 250 g/mol. The number of thiazole rings is 1. The Morgan fingerprint density at radius 2 is 2.06 bits per heavy atom. The molecule has 0 amide bonds. The number of anilines is 1. The van der Waals surface area contributed by atoms with E-state index in [4.69, 9.17) is 0 Å². The van der Waals surface area contributed by atoms with Gasteiger partial charge in [0.25, 0.3) is 0 Å². The Morgan fingerprint density at radius 3 is 2.65 bits per heavy atom. The third-order valence-corrected chi connectivity index (χ3v) is 3.75. The van der Waals surface area contributed by atoms with Gasteiger partial charge in [0.2, 0.25) is 0 Å². The van der Waals surface area contributed by atoms with Crippen molar-refractivity contribution in [3.8, 4) is 0 Å². The molecule has 0 fully saturated rings. The highest BCUT2D eigenvalue weighted by Crippen LogP contribution is 2.19. The van der Waals surface area contributed by atoms with E-state index in [0.717, 1.165) is 16.4 Å². The minimum atomic E-state index is -0.170. The molecule has 0 bridgehead atoms. The van der Waals surface area contributed by atoms with Crippen LogP contribution in [0.5, 0.6) is 0 Å². The number of nitrogens with zero attached hydrogens (tertiary/aromatic N) is 1. The summed E-state index contributed by atoms with van der Waals surface area (Å²) in [4.78, 5) is 5.69. The number of hydrogen-bond acceptors (Lipinski definition) is 3. The van der Waals surface area contributed by atoms with E-state index in [2.05, 4.69) is 17.2 Å². The van der Waals surface area contributed by atoms with Crippen LogP contribution in [0.25, 0.3) is 0 Å². The highest BCUT2D eigenvalue weighted by atomic mass is 32.1. The van der Waals surface area contributed by atoms with Gasteiger partial charge in [0.05, 0.1) is 12.2 Å². The summed E-state index contributed by atoms with van der Waals surface area (Å²) in [6, 6.07) is 5.04. The van der Waals surface area contributed by atoms with Crippen LogP contribution in [0.4, 0.5) is 10.1 Å². The highest BCUT2D eigenvalue weighted by Gasteiger charge is 2.04. The molecule has 0 spiro atoms. The summed E-state index contributed by atoms with van der Waals surface area (Å²) in [5.41, 5.74) is 2.66. The second-order valence-electron chi connectivity index (χ2n) is 4.07. The van der Waals surface area contributed by atoms with Gasteiger partial charge in [-0.3, -0.25) is 0 Å². The lowest BCUT2D eigenvalue weighted by molar-refractivity contribution is 0.618. The fourth-order valence-corrected chi connectivity index (χ4v) is 2.42. The normalized spacial score (nSPS) is 10.6. The predicted molar refractivity (Wildman–Crippen MR) is 70.1 cm³/mol. The molecule has 90 valence electrons. The Bertz CT molecular complexity index is 515. The molecule has 0 saturated heterocycles. The van der Waals surface area contributed by atoms with Gasteiger partial charge in [-0.2, -0.15) is 0 Å². The highest BCUT2D eigenvalue weighted by molar-refractivity contribution is 7.11. The van der Waals surface area contributed by atoms with E-state index >= 15 is 0 Å². The minimum absolute atomic E-state index is 0.170. The van der Waals surface area contributed by atoms with Crippen LogP contribution in [0.1, 0.15) is 21.1 Å². The summed E-state index contributed by atoms with van der Waals surface area (Å²) in [7, 11) is 0. The Labute approximate surface area is 105 Å². The number of nitrogens with one attached hydrogen (secondary N) is 1. The van der Waals surface area contributed by atoms with Crippen LogP contribution in [0, 0.1) is 26.6 Å². The Kier molecular flexibility index (Phi) is 3.43. The first kappa shape index (κ1) is 12.0. The topological polar surface area (TPSA) is 24.9 Å². The van der Waals surface area contributed by atoms with Crippen LogP contribution in [-0.2, 0) is 6.54 Å². The van der Waals surface area contributed by atoms with Gasteiger partial charge in [0.15, 0.2) is 0 Å². The number of rotatable bonds is 3. The Morgan fingerprint density at radius 1 is 1.29 bits per heavy atom. The summed E-state index contributed by atoms with van der Waals surface area (Å²) < 4.78 is 13.1. The van der Waals surface area contributed by atoms with Crippen molar-refractivity contribution in [2.24, 2.45) is 0 Å². The molecule has 0 radical (unpaired) electrons. The zero-order valence-corrected chi connectivity index (χ0v) is 11.0. The first-order valence-electron chi connectivity index (χ1n) is 5.49. The second kappa shape index (κ2) is 4.84. The van der Waals surface area contributed by atoms with E-state index in [1.165, 1.54) is 10.9 Å². The van der Waals surface area contributed by atoms with E-state index in [0.29, 0.717) is 12.1 Å². The van der Waals surface area contributed by atoms with Gasteiger partial charge in [-0.25, -0.2) is 9.37 Å². The number of halogens is 1. The molecule has 1 heterocycles. The van der Waals surface area contributed by atoms with Crippen molar-refractivity contribution in [2.75, 3.05) is 5.32 Å². The molecule has 0 unspecified atom stereocenters. The summed E-state index contributed by atoms with van der Waals surface area (Å²) in [6.07, 6.45) is 0. The standard InChI is InChI=1S/C13H15FN2S/c1-8-6-11(4-5-12(8)14)15-7-13-16-9(2)10(3)17-13/h4-6,15H,7H2,1-3H3. The summed E-state index contributed by atoms with van der Waals surface area (Å²) in [6.45, 7) is 6.53. The second-order valence-corrected chi connectivity index (χ2v) is 5.35. The monoisotopic (exact) mass is 250 g/mol. The van der Waals surface area contributed by atoms with Gasteiger partial charge in [-0.1, -0.05) is 0 Å². The van der Waals surface area contributed by atoms with Crippen molar-refractivity contribution in [2.45, 2.75) is 27.3 Å². The van der Waals surface area contributed by atoms with Crippen LogP contribution in [0.15, 0.2) is 18.2 Å².